The van der Waals surface area contributed by atoms with Crippen molar-refractivity contribution in [2.45, 2.75) is 57.8 Å². The summed E-state index contributed by atoms with van der Waals surface area (Å²) in [5, 5.41) is 6.09. The van der Waals surface area contributed by atoms with Crippen LogP contribution in [0.25, 0.3) is 0 Å². The molecule has 1 heterocycles. The Morgan fingerprint density at radius 3 is 2.62 bits per heavy atom. The Labute approximate surface area is 154 Å². The van der Waals surface area contributed by atoms with Crippen LogP contribution in [-0.4, -0.2) is 40.1 Å². The first-order valence-electron chi connectivity index (χ1n) is 8.50. The summed E-state index contributed by atoms with van der Waals surface area (Å²) in [5.74, 6) is -1.22. The van der Waals surface area contributed by atoms with E-state index in [9.17, 15) is 22.8 Å². The van der Waals surface area contributed by atoms with Crippen LogP contribution >= 0.6 is 12.6 Å². The van der Waals surface area contributed by atoms with Crippen molar-refractivity contribution in [1.82, 2.24) is 15.1 Å². The van der Waals surface area contributed by atoms with Crippen molar-refractivity contribution in [1.29, 1.82) is 0 Å². The van der Waals surface area contributed by atoms with Crippen LogP contribution in [0.5, 0.6) is 0 Å². The van der Waals surface area contributed by atoms with E-state index >= 15 is 0 Å². The summed E-state index contributed by atoms with van der Waals surface area (Å²) >= 11 is 4.00. The van der Waals surface area contributed by atoms with Crippen molar-refractivity contribution in [2.75, 3.05) is 12.4 Å². The Bertz CT molecular complexity index is 661. The lowest BCUT2D eigenvalue weighted by atomic mass is 10.1. The number of hydrogen-bond donors (Lipinski definition) is 2. The van der Waals surface area contributed by atoms with E-state index < -0.39 is 29.8 Å². The summed E-state index contributed by atoms with van der Waals surface area (Å²) in [5.41, 5.74) is -0.291. The van der Waals surface area contributed by atoms with Gasteiger partial charge in [0.15, 0.2) is 5.69 Å². The number of ether oxygens (including phenoxy) is 1. The van der Waals surface area contributed by atoms with Crippen LogP contribution in [0, 0.1) is 0 Å². The minimum absolute atomic E-state index is 0.0234. The first kappa shape index (κ1) is 20.6. The first-order chi connectivity index (χ1) is 12.3. The van der Waals surface area contributed by atoms with Gasteiger partial charge in [0.2, 0.25) is 5.91 Å². The lowest BCUT2D eigenvalue weighted by molar-refractivity contribution is -0.146. The van der Waals surface area contributed by atoms with Gasteiger partial charge >= 0.3 is 12.1 Å². The van der Waals surface area contributed by atoms with Gasteiger partial charge in [0.1, 0.15) is 12.6 Å². The van der Waals surface area contributed by atoms with Gasteiger partial charge in [-0.25, -0.2) is 4.79 Å². The number of carbonyl (C=O) groups excluding carboxylic acids is 2. The number of rotatable bonds is 6. The fourth-order valence-electron chi connectivity index (χ4n) is 3.00. The third-order valence-corrected chi connectivity index (χ3v) is 4.52. The summed E-state index contributed by atoms with van der Waals surface area (Å²) in [6.07, 6.45) is -1.57. The summed E-state index contributed by atoms with van der Waals surface area (Å²) in [7, 11) is 0. The Kier molecular flexibility index (Phi) is 6.96. The fourth-order valence-corrected chi connectivity index (χ4v) is 3.24. The molecule has 0 fully saturated rings. The third-order valence-electron chi connectivity index (χ3n) is 4.16. The molecule has 10 heteroatoms. The van der Waals surface area contributed by atoms with E-state index in [2.05, 4.69) is 23.0 Å². The van der Waals surface area contributed by atoms with Gasteiger partial charge in [0, 0.05) is 17.0 Å². The van der Waals surface area contributed by atoms with E-state index in [1.807, 2.05) is 0 Å². The zero-order valence-electron chi connectivity index (χ0n) is 14.4. The molecule has 1 aromatic rings. The van der Waals surface area contributed by atoms with E-state index in [1.54, 1.807) is 6.92 Å². The molecule has 1 aliphatic rings. The van der Waals surface area contributed by atoms with Crippen LogP contribution in [-0.2, 0) is 39.9 Å². The largest absolute Gasteiger partial charge is 0.464 e. The van der Waals surface area contributed by atoms with Gasteiger partial charge in [0.25, 0.3) is 0 Å². The van der Waals surface area contributed by atoms with Crippen LogP contribution in [0.15, 0.2) is 0 Å². The topological polar surface area (TPSA) is 73.2 Å². The molecule has 0 unspecified atom stereocenters. The zero-order chi connectivity index (χ0) is 19.3. The normalized spacial score (nSPS) is 15.7. The molecule has 26 heavy (non-hydrogen) atoms. The molecule has 2 rings (SSSR count). The summed E-state index contributed by atoms with van der Waals surface area (Å²) in [4.78, 5) is 23.9. The molecule has 1 aliphatic carbocycles. The lowest BCUT2D eigenvalue weighted by Gasteiger charge is -2.15. The number of aromatic nitrogens is 2. The smallest absolute Gasteiger partial charge is 0.435 e. The van der Waals surface area contributed by atoms with Crippen LogP contribution < -0.4 is 5.32 Å². The Morgan fingerprint density at radius 1 is 1.31 bits per heavy atom. The lowest BCUT2D eigenvalue weighted by Crippen LogP contribution is -2.44. The maximum Gasteiger partial charge on any atom is 0.435 e. The van der Waals surface area contributed by atoms with Gasteiger partial charge in [-0.05, 0) is 32.6 Å². The van der Waals surface area contributed by atoms with E-state index in [0.29, 0.717) is 25.0 Å². The third kappa shape index (κ3) is 4.93. The van der Waals surface area contributed by atoms with Gasteiger partial charge in [-0.1, -0.05) is 6.42 Å². The van der Waals surface area contributed by atoms with Crippen LogP contribution in [0.3, 0.4) is 0 Å². The van der Waals surface area contributed by atoms with Crippen molar-refractivity contribution < 1.29 is 27.5 Å². The van der Waals surface area contributed by atoms with E-state index in [-0.39, 0.29) is 24.5 Å². The molecule has 0 spiro atoms. The van der Waals surface area contributed by atoms with Crippen LogP contribution in [0.4, 0.5) is 13.2 Å². The Morgan fingerprint density at radius 2 is 2.00 bits per heavy atom. The summed E-state index contributed by atoms with van der Waals surface area (Å²) < 4.78 is 45.7. The monoisotopic (exact) mass is 393 g/mol. The van der Waals surface area contributed by atoms with Gasteiger partial charge in [-0.2, -0.15) is 30.9 Å². The minimum atomic E-state index is -4.56. The molecule has 0 bridgehead atoms. The number of carbonyl (C=O) groups is 2. The van der Waals surface area contributed by atoms with E-state index in [0.717, 1.165) is 17.5 Å². The highest BCUT2D eigenvalue weighted by Gasteiger charge is 2.39. The van der Waals surface area contributed by atoms with Crippen molar-refractivity contribution in [3.63, 3.8) is 0 Å². The Hall–Kier alpha value is -1.71. The molecular formula is C16H22F3N3O3S. The maximum atomic E-state index is 13.3. The van der Waals surface area contributed by atoms with Crippen molar-refractivity contribution in [3.8, 4) is 0 Å². The maximum absolute atomic E-state index is 13.3. The number of esters is 1. The van der Waals surface area contributed by atoms with Gasteiger partial charge < -0.3 is 10.1 Å². The molecule has 0 aliphatic heterocycles. The molecule has 6 nitrogen and oxygen atoms in total. The van der Waals surface area contributed by atoms with Crippen LogP contribution in [0.2, 0.25) is 0 Å². The zero-order valence-corrected chi connectivity index (χ0v) is 15.3. The number of nitrogens with one attached hydrogen (secondary N) is 1. The molecule has 146 valence electrons. The number of nitrogens with zero attached hydrogens (tertiary/aromatic N) is 2. The molecule has 0 saturated carbocycles. The van der Waals surface area contributed by atoms with Crippen molar-refractivity contribution >= 4 is 24.5 Å². The van der Waals surface area contributed by atoms with Crippen LogP contribution in [0.1, 0.15) is 43.1 Å². The molecular weight excluding hydrogens is 371 g/mol. The summed E-state index contributed by atoms with van der Waals surface area (Å²) in [6, 6.07) is -0.956. The highest BCUT2D eigenvalue weighted by Crippen LogP contribution is 2.35. The van der Waals surface area contributed by atoms with E-state index in [1.165, 1.54) is 0 Å². The molecule has 1 amide bonds. The molecule has 1 N–H and O–H groups in total. The molecule has 0 radical (unpaired) electrons. The van der Waals surface area contributed by atoms with Gasteiger partial charge in [-0.15, -0.1) is 0 Å². The van der Waals surface area contributed by atoms with Crippen molar-refractivity contribution in [3.05, 3.63) is 17.0 Å². The standard InChI is InChI=1S/C16H22F3N3O3S/c1-2-25-15(24)11(9-26)20-13(23)8-22-12-7-5-3-4-6-10(12)14(21-22)16(17,18)19/h11,26H,2-9H2,1H3,(H,20,23)/t11-/m0/s1. The number of halogens is 3. The van der Waals surface area contributed by atoms with E-state index in [4.69, 9.17) is 4.74 Å². The second kappa shape index (κ2) is 8.79. The Balaban J connectivity index is 2.19. The average molecular weight is 393 g/mol. The SMILES string of the molecule is CCOC(=O)[C@H](CS)NC(=O)Cn1nc(C(F)(F)F)c2c1CCCCC2. The molecule has 1 atom stereocenters. The van der Waals surface area contributed by atoms with Crippen molar-refractivity contribution in [2.24, 2.45) is 0 Å². The highest BCUT2D eigenvalue weighted by atomic mass is 32.1. The number of fused-ring (bicyclic) bond motifs is 1. The first-order valence-corrected chi connectivity index (χ1v) is 9.13. The van der Waals surface area contributed by atoms with Gasteiger partial charge in [0.05, 0.1) is 6.61 Å². The fraction of sp³-hybridized carbons (Fsp3) is 0.688. The number of thiol groups is 1. The molecule has 0 aromatic carbocycles. The summed E-state index contributed by atoms with van der Waals surface area (Å²) in [6.45, 7) is 1.40. The quantitative estimate of drug-likeness (QED) is 0.441. The minimum Gasteiger partial charge on any atom is -0.464 e. The predicted molar refractivity (Wildman–Crippen MR) is 90.9 cm³/mol. The molecule has 1 aromatic heterocycles. The number of alkyl halides is 3. The average Bonchev–Trinajstić information content (AvgIpc) is 2.75. The predicted octanol–water partition coefficient (Wildman–Crippen LogP) is 2.15. The number of amides is 1. The second-order valence-corrected chi connectivity index (χ2v) is 6.41. The second-order valence-electron chi connectivity index (χ2n) is 6.04. The number of hydrogen-bond acceptors (Lipinski definition) is 5. The van der Waals surface area contributed by atoms with Gasteiger partial charge in [-0.3, -0.25) is 9.48 Å². The highest BCUT2D eigenvalue weighted by molar-refractivity contribution is 7.80. The molecule has 0 saturated heterocycles.